The number of aryl methyl sites for hydroxylation is 1. The maximum atomic E-state index is 14.6. The fourth-order valence-corrected chi connectivity index (χ4v) is 4.52. The van der Waals surface area contributed by atoms with Crippen molar-refractivity contribution in [2.45, 2.75) is 57.3 Å². The first-order valence-electron chi connectivity index (χ1n) is 12.7. The van der Waals surface area contributed by atoms with E-state index in [2.05, 4.69) is 40.9 Å². The van der Waals surface area contributed by atoms with Crippen molar-refractivity contribution in [3.8, 4) is 5.75 Å². The number of carbonyl (C=O) groups excluding carboxylic acids is 1. The molecule has 2 unspecified atom stereocenters. The molecule has 4 rings (SSSR count). The summed E-state index contributed by atoms with van der Waals surface area (Å²) in [6.07, 6.45) is -9.93. The van der Waals surface area contributed by atoms with Crippen LogP contribution in [0.1, 0.15) is 38.7 Å². The number of hydrogen-bond donors (Lipinski definition) is 3. The molecule has 44 heavy (non-hydrogen) atoms. The Morgan fingerprint density at radius 3 is 2.59 bits per heavy atom. The second-order valence-corrected chi connectivity index (χ2v) is 10.3. The molecule has 11 nitrogen and oxygen atoms in total. The van der Waals surface area contributed by atoms with Gasteiger partial charge in [0.2, 0.25) is 5.13 Å². The third-order valence-corrected chi connectivity index (χ3v) is 6.64. The van der Waals surface area contributed by atoms with Gasteiger partial charge in [-0.15, -0.1) is 28.5 Å². The summed E-state index contributed by atoms with van der Waals surface area (Å²) >= 11 is 1.06. The van der Waals surface area contributed by atoms with E-state index in [-0.39, 0.29) is 48.9 Å². The highest BCUT2D eigenvalue weighted by molar-refractivity contribution is 7.15. The Labute approximate surface area is 248 Å². The lowest BCUT2D eigenvalue weighted by molar-refractivity contribution is -0.274. The zero-order valence-electron chi connectivity index (χ0n) is 22.3. The molecule has 19 heteroatoms. The molecule has 236 valence electrons. The van der Waals surface area contributed by atoms with E-state index in [1.54, 1.807) is 0 Å². The molecular formula is C25H23F7N8O3S. The van der Waals surface area contributed by atoms with Gasteiger partial charge in [-0.05, 0) is 36.2 Å². The predicted octanol–water partition coefficient (Wildman–Crippen LogP) is 4.32. The van der Waals surface area contributed by atoms with Crippen molar-refractivity contribution in [2.75, 3.05) is 5.32 Å². The number of hydrogen-bond acceptors (Lipinski definition) is 10. The van der Waals surface area contributed by atoms with Crippen LogP contribution in [0, 0.1) is 0 Å². The van der Waals surface area contributed by atoms with Crippen molar-refractivity contribution in [3.63, 3.8) is 0 Å². The fraction of sp³-hybridized carbons (Fsp3) is 0.360. The molecule has 0 saturated heterocycles. The Kier molecular flexibility index (Phi) is 10.3. The van der Waals surface area contributed by atoms with E-state index >= 15 is 0 Å². The molecule has 0 fully saturated rings. The zero-order valence-corrected chi connectivity index (χ0v) is 23.1. The van der Waals surface area contributed by atoms with Gasteiger partial charge < -0.3 is 20.5 Å². The van der Waals surface area contributed by atoms with Crippen molar-refractivity contribution >= 4 is 22.4 Å². The van der Waals surface area contributed by atoms with Crippen molar-refractivity contribution in [1.29, 1.82) is 0 Å². The highest BCUT2D eigenvalue weighted by atomic mass is 32.1. The summed E-state index contributed by atoms with van der Waals surface area (Å²) in [6, 6.07) is 7.15. The van der Waals surface area contributed by atoms with Crippen molar-refractivity contribution in [2.24, 2.45) is 0 Å². The molecule has 0 aliphatic rings. The summed E-state index contributed by atoms with van der Waals surface area (Å²) in [5.41, 5.74) is -0.472. The van der Waals surface area contributed by atoms with Crippen LogP contribution in [0.5, 0.6) is 5.75 Å². The summed E-state index contributed by atoms with van der Waals surface area (Å²) in [6.45, 7) is -0.379. The van der Waals surface area contributed by atoms with Crippen LogP contribution in [0.4, 0.5) is 35.9 Å². The lowest BCUT2D eigenvalue weighted by atomic mass is 10.1. The summed E-state index contributed by atoms with van der Waals surface area (Å²) < 4.78 is 94.8. The Balaban J connectivity index is 1.19. The maximum absolute atomic E-state index is 14.6. The maximum Gasteiger partial charge on any atom is 0.573 e. The molecule has 0 bridgehead atoms. The summed E-state index contributed by atoms with van der Waals surface area (Å²) in [5.74, 6) is -1.09. The Bertz CT molecular complexity index is 1530. The van der Waals surface area contributed by atoms with E-state index in [1.807, 2.05) is 0 Å². The molecule has 3 N–H and O–H groups in total. The van der Waals surface area contributed by atoms with Crippen molar-refractivity contribution in [3.05, 3.63) is 76.3 Å². The van der Waals surface area contributed by atoms with E-state index in [4.69, 9.17) is 0 Å². The monoisotopic (exact) mass is 648 g/mol. The first-order valence-corrected chi connectivity index (χ1v) is 13.5. The number of ether oxygens (including phenoxy) is 1. The molecule has 2 atom stereocenters. The number of rotatable bonds is 13. The lowest BCUT2D eigenvalue weighted by Crippen LogP contribution is -2.23. The number of benzene rings is 1. The third-order valence-electron chi connectivity index (χ3n) is 5.73. The predicted molar refractivity (Wildman–Crippen MR) is 140 cm³/mol. The second kappa shape index (κ2) is 13.9. The quantitative estimate of drug-likeness (QED) is 0.143. The molecule has 1 aromatic carbocycles. The molecule has 1 amide bonds. The number of carbonyl (C=O) groups is 1. The third kappa shape index (κ3) is 10.1. The van der Waals surface area contributed by atoms with Crippen LogP contribution in [0.2, 0.25) is 0 Å². The number of aliphatic hydroxyl groups is 1. The van der Waals surface area contributed by atoms with Gasteiger partial charge in [0.25, 0.3) is 5.91 Å². The van der Waals surface area contributed by atoms with Crippen LogP contribution in [0.25, 0.3) is 0 Å². The molecule has 4 aromatic rings. The highest BCUT2D eigenvalue weighted by Gasteiger charge is 2.31. The van der Waals surface area contributed by atoms with Crippen LogP contribution >= 0.6 is 11.3 Å². The molecule has 0 aliphatic carbocycles. The number of amides is 1. The number of aromatic nitrogens is 6. The molecule has 0 spiro atoms. The van der Waals surface area contributed by atoms with Gasteiger partial charge in [0.1, 0.15) is 23.2 Å². The van der Waals surface area contributed by atoms with Gasteiger partial charge in [-0.25, -0.2) is 9.07 Å². The second-order valence-electron chi connectivity index (χ2n) is 9.24. The van der Waals surface area contributed by atoms with Gasteiger partial charge in [0, 0.05) is 19.0 Å². The minimum Gasteiger partial charge on any atom is -0.406 e. The molecule has 0 aliphatic heterocycles. The SMILES string of the molecule is O=C(NCc1ccc(C(F)(F)F)cn1)c1cn(CC(F)CCc2nnc(NC(O)Cc3cccc(OC(F)(F)F)c3)s2)nn1. The van der Waals surface area contributed by atoms with Gasteiger partial charge in [0.15, 0.2) is 5.69 Å². The molecule has 3 heterocycles. The van der Waals surface area contributed by atoms with Gasteiger partial charge >= 0.3 is 12.5 Å². The minimum atomic E-state index is -4.84. The minimum absolute atomic E-state index is 0.0180. The smallest absolute Gasteiger partial charge is 0.406 e. The van der Waals surface area contributed by atoms with Crippen LogP contribution in [-0.2, 0) is 32.1 Å². The number of halogens is 7. The van der Waals surface area contributed by atoms with E-state index in [1.165, 1.54) is 18.3 Å². The molecule has 3 aromatic heterocycles. The number of nitrogens with zero attached hydrogens (tertiary/aromatic N) is 6. The lowest BCUT2D eigenvalue weighted by Gasteiger charge is -2.13. The van der Waals surface area contributed by atoms with Crippen molar-refractivity contribution < 1.29 is 45.4 Å². The van der Waals surface area contributed by atoms with Crippen LogP contribution < -0.4 is 15.4 Å². The Morgan fingerprint density at radius 1 is 1.09 bits per heavy atom. The average molecular weight is 649 g/mol. The van der Waals surface area contributed by atoms with E-state index < -0.39 is 42.2 Å². The molecule has 0 radical (unpaired) electrons. The topological polar surface area (TPSA) is 140 Å². The van der Waals surface area contributed by atoms with Crippen LogP contribution in [0.15, 0.2) is 48.8 Å². The average Bonchev–Trinajstić information content (AvgIpc) is 3.59. The number of pyridine rings is 1. The Hall–Kier alpha value is -4.39. The number of anilines is 1. The van der Waals surface area contributed by atoms with Crippen LogP contribution in [0.3, 0.4) is 0 Å². The highest BCUT2D eigenvalue weighted by Crippen LogP contribution is 2.28. The first kappa shape index (κ1) is 32.5. The number of alkyl halides is 7. The summed E-state index contributed by atoms with van der Waals surface area (Å²) in [7, 11) is 0. The van der Waals surface area contributed by atoms with Crippen LogP contribution in [-0.4, -0.2) is 60.0 Å². The summed E-state index contributed by atoms with van der Waals surface area (Å²) in [4.78, 5) is 15.9. The number of aliphatic hydroxyl groups excluding tert-OH is 1. The van der Waals surface area contributed by atoms with E-state index in [9.17, 15) is 40.6 Å². The largest absolute Gasteiger partial charge is 0.573 e. The fourth-order valence-electron chi connectivity index (χ4n) is 3.72. The van der Waals surface area contributed by atoms with Gasteiger partial charge in [-0.1, -0.05) is 28.7 Å². The van der Waals surface area contributed by atoms with E-state index in [0.717, 1.165) is 40.3 Å². The normalized spacial score (nSPS) is 13.4. The Morgan fingerprint density at radius 2 is 1.89 bits per heavy atom. The van der Waals surface area contributed by atoms with Crippen molar-refractivity contribution in [1.82, 2.24) is 35.5 Å². The van der Waals surface area contributed by atoms with E-state index in [0.29, 0.717) is 16.8 Å². The first-order chi connectivity index (χ1) is 20.7. The summed E-state index contributed by atoms with van der Waals surface area (Å²) in [5, 5.41) is 31.3. The van der Waals surface area contributed by atoms with Gasteiger partial charge in [-0.3, -0.25) is 9.78 Å². The number of nitrogens with one attached hydrogen (secondary N) is 2. The molecule has 0 saturated carbocycles. The standard InChI is InChI=1S/C25H23F7N8O3S/c26-16(12-40-13-19(36-39-40)22(42)34-11-17-6-4-15(10-33-17)24(27,28)29)5-7-21-37-38-23(44-21)35-20(41)9-14-2-1-3-18(8-14)43-25(30,31)32/h1-4,6,8,10,13,16,20,41H,5,7,9,11-12H2,(H,34,42)(H,35,38). The van der Waals surface area contributed by atoms with Gasteiger partial charge in [-0.2, -0.15) is 13.2 Å². The molecular weight excluding hydrogens is 625 g/mol. The zero-order chi connectivity index (χ0) is 31.9. The van der Waals surface area contributed by atoms with Gasteiger partial charge in [0.05, 0.1) is 30.5 Å².